The van der Waals surface area contributed by atoms with Crippen molar-refractivity contribution in [3.8, 4) is 0 Å². The van der Waals surface area contributed by atoms with E-state index < -0.39 is 0 Å². The second kappa shape index (κ2) is 5.48. The lowest BCUT2D eigenvalue weighted by Crippen LogP contribution is -2.20. The number of hydrogen-bond acceptors (Lipinski definition) is 3. The van der Waals surface area contributed by atoms with Gasteiger partial charge in [-0.25, -0.2) is 0 Å². The Bertz CT molecular complexity index is 346. The maximum absolute atomic E-state index is 5.79. The lowest BCUT2D eigenvalue weighted by atomic mass is 10.1. The second-order valence-electron chi connectivity index (χ2n) is 4.44. The number of benzene rings is 1. The maximum atomic E-state index is 5.79. The van der Waals surface area contributed by atoms with Crippen LogP contribution in [-0.4, -0.2) is 17.5 Å². The van der Waals surface area contributed by atoms with Crippen LogP contribution in [0.5, 0.6) is 0 Å². The molecule has 0 bridgehead atoms. The first-order valence-electron chi connectivity index (χ1n) is 5.97. The van der Waals surface area contributed by atoms with Gasteiger partial charge < -0.3 is 11.1 Å². The van der Waals surface area contributed by atoms with Gasteiger partial charge >= 0.3 is 0 Å². The molecule has 0 aliphatic carbocycles. The second-order valence-corrected chi connectivity index (χ2v) is 5.85. The SMILES string of the molecule is Cc1ccc(N)cc1NCC1CCCCS1. The molecule has 1 aromatic carbocycles. The molecule has 0 aromatic heterocycles. The van der Waals surface area contributed by atoms with Crippen LogP contribution in [0.3, 0.4) is 0 Å². The van der Waals surface area contributed by atoms with Crippen molar-refractivity contribution >= 4 is 23.1 Å². The minimum absolute atomic E-state index is 0.773. The average molecular weight is 236 g/mol. The molecule has 3 heteroatoms. The summed E-state index contributed by atoms with van der Waals surface area (Å²) in [6, 6.07) is 6.06. The first-order chi connectivity index (χ1) is 7.75. The van der Waals surface area contributed by atoms with Crippen molar-refractivity contribution in [2.24, 2.45) is 0 Å². The van der Waals surface area contributed by atoms with E-state index in [1.807, 2.05) is 12.1 Å². The molecule has 0 radical (unpaired) electrons. The molecule has 1 fully saturated rings. The zero-order valence-corrected chi connectivity index (χ0v) is 10.6. The molecule has 1 unspecified atom stereocenters. The van der Waals surface area contributed by atoms with Crippen molar-refractivity contribution in [3.63, 3.8) is 0 Å². The number of nitrogen functional groups attached to an aromatic ring is 1. The summed E-state index contributed by atoms with van der Waals surface area (Å²) in [7, 11) is 0. The summed E-state index contributed by atoms with van der Waals surface area (Å²) in [5.41, 5.74) is 9.09. The Hall–Kier alpha value is -0.830. The van der Waals surface area contributed by atoms with Crippen molar-refractivity contribution in [1.29, 1.82) is 0 Å². The van der Waals surface area contributed by atoms with E-state index in [4.69, 9.17) is 5.73 Å². The van der Waals surface area contributed by atoms with Crippen LogP contribution in [0.1, 0.15) is 24.8 Å². The van der Waals surface area contributed by atoms with Gasteiger partial charge in [-0.05, 0) is 43.2 Å². The summed E-state index contributed by atoms with van der Waals surface area (Å²) in [4.78, 5) is 0. The zero-order chi connectivity index (χ0) is 11.4. The van der Waals surface area contributed by atoms with Crippen LogP contribution >= 0.6 is 11.8 Å². The normalized spacial score (nSPS) is 20.7. The minimum atomic E-state index is 0.773. The number of nitrogens with one attached hydrogen (secondary N) is 1. The largest absolute Gasteiger partial charge is 0.399 e. The summed E-state index contributed by atoms with van der Waals surface area (Å²) >= 11 is 2.10. The summed E-state index contributed by atoms with van der Waals surface area (Å²) < 4.78 is 0. The molecule has 2 rings (SSSR count). The molecule has 1 aliphatic heterocycles. The van der Waals surface area contributed by atoms with Gasteiger partial charge in [-0.3, -0.25) is 0 Å². The first-order valence-corrected chi connectivity index (χ1v) is 7.02. The number of thioether (sulfide) groups is 1. The van der Waals surface area contributed by atoms with E-state index in [-0.39, 0.29) is 0 Å². The minimum Gasteiger partial charge on any atom is -0.399 e. The number of aryl methyl sites for hydroxylation is 1. The molecule has 1 heterocycles. The fourth-order valence-corrected chi connectivity index (χ4v) is 3.26. The highest BCUT2D eigenvalue weighted by Crippen LogP contribution is 2.26. The topological polar surface area (TPSA) is 38.0 Å². The molecule has 16 heavy (non-hydrogen) atoms. The molecule has 1 aromatic rings. The van der Waals surface area contributed by atoms with Gasteiger partial charge in [0.2, 0.25) is 0 Å². The van der Waals surface area contributed by atoms with Crippen molar-refractivity contribution in [2.75, 3.05) is 23.3 Å². The highest BCUT2D eigenvalue weighted by atomic mass is 32.2. The van der Waals surface area contributed by atoms with E-state index >= 15 is 0 Å². The Morgan fingerprint density at radius 2 is 2.31 bits per heavy atom. The van der Waals surface area contributed by atoms with E-state index in [9.17, 15) is 0 Å². The predicted molar refractivity (Wildman–Crippen MR) is 74.2 cm³/mol. The molecule has 88 valence electrons. The van der Waals surface area contributed by atoms with E-state index in [0.29, 0.717) is 0 Å². The highest BCUT2D eigenvalue weighted by Gasteiger charge is 2.13. The van der Waals surface area contributed by atoms with Crippen molar-refractivity contribution in [1.82, 2.24) is 0 Å². The molecule has 2 nitrogen and oxygen atoms in total. The predicted octanol–water partition coefficient (Wildman–Crippen LogP) is 3.27. The third kappa shape index (κ3) is 3.08. The highest BCUT2D eigenvalue weighted by molar-refractivity contribution is 7.99. The fraction of sp³-hybridized carbons (Fsp3) is 0.538. The van der Waals surface area contributed by atoms with Crippen molar-refractivity contribution in [2.45, 2.75) is 31.4 Å². The molecule has 1 saturated heterocycles. The fourth-order valence-electron chi connectivity index (χ4n) is 2.02. The lowest BCUT2D eigenvalue weighted by Gasteiger charge is -2.22. The van der Waals surface area contributed by atoms with E-state index in [2.05, 4.69) is 30.1 Å². The van der Waals surface area contributed by atoms with Crippen LogP contribution < -0.4 is 11.1 Å². The first kappa shape index (κ1) is 11.6. The maximum Gasteiger partial charge on any atom is 0.0390 e. The van der Waals surface area contributed by atoms with Gasteiger partial charge in [0.25, 0.3) is 0 Å². The van der Waals surface area contributed by atoms with Crippen molar-refractivity contribution in [3.05, 3.63) is 23.8 Å². The Balaban J connectivity index is 1.90. The molecule has 1 atom stereocenters. The Morgan fingerprint density at radius 1 is 1.44 bits per heavy atom. The van der Waals surface area contributed by atoms with Gasteiger partial charge in [0.1, 0.15) is 0 Å². The molecule has 1 aliphatic rings. The summed E-state index contributed by atoms with van der Waals surface area (Å²) in [6.45, 7) is 3.19. The Kier molecular flexibility index (Phi) is 3.99. The third-order valence-corrected chi connectivity index (χ3v) is 4.45. The van der Waals surface area contributed by atoms with E-state index in [0.717, 1.165) is 17.5 Å². The van der Waals surface area contributed by atoms with Crippen LogP contribution in [0, 0.1) is 6.92 Å². The van der Waals surface area contributed by atoms with Gasteiger partial charge in [0.15, 0.2) is 0 Å². The van der Waals surface area contributed by atoms with E-state index in [1.165, 1.54) is 36.3 Å². The smallest absolute Gasteiger partial charge is 0.0390 e. The average Bonchev–Trinajstić information content (AvgIpc) is 2.32. The number of rotatable bonds is 3. The lowest BCUT2D eigenvalue weighted by molar-refractivity contribution is 0.677. The van der Waals surface area contributed by atoms with Gasteiger partial charge in [0.05, 0.1) is 0 Å². The van der Waals surface area contributed by atoms with Crippen LogP contribution in [0.15, 0.2) is 18.2 Å². The molecule has 3 N–H and O–H groups in total. The van der Waals surface area contributed by atoms with Crippen LogP contribution in [0.2, 0.25) is 0 Å². The van der Waals surface area contributed by atoms with Gasteiger partial charge in [-0.2, -0.15) is 11.8 Å². The van der Waals surface area contributed by atoms with Gasteiger partial charge in [-0.15, -0.1) is 0 Å². The number of nitrogens with two attached hydrogens (primary N) is 1. The molecular formula is C13H20N2S. The number of hydrogen-bond donors (Lipinski definition) is 2. The monoisotopic (exact) mass is 236 g/mol. The molecular weight excluding hydrogens is 216 g/mol. The molecule has 0 spiro atoms. The van der Waals surface area contributed by atoms with Crippen molar-refractivity contribution < 1.29 is 0 Å². The summed E-state index contributed by atoms with van der Waals surface area (Å²) in [5, 5.41) is 4.30. The third-order valence-electron chi connectivity index (χ3n) is 3.06. The van der Waals surface area contributed by atoms with Crippen LogP contribution in [0.4, 0.5) is 11.4 Å². The number of anilines is 2. The Morgan fingerprint density at radius 3 is 3.06 bits per heavy atom. The van der Waals surface area contributed by atoms with Gasteiger partial charge in [-0.1, -0.05) is 12.5 Å². The molecule has 0 amide bonds. The van der Waals surface area contributed by atoms with Crippen LogP contribution in [0.25, 0.3) is 0 Å². The van der Waals surface area contributed by atoms with E-state index in [1.54, 1.807) is 0 Å². The van der Waals surface area contributed by atoms with Crippen LogP contribution in [-0.2, 0) is 0 Å². The Labute approximate surface area is 102 Å². The summed E-state index contributed by atoms with van der Waals surface area (Å²) in [5.74, 6) is 1.32. The van der Waals surface area contributed by atoms with Gasteiger partial charge in [0, 0.05) is 23.2 Å². The summed E-state index contributed by atoms with van der Waals surface area (Å²) in [6.07, 6.45) is 4.12. The standard InChI is InChI=1S/C13H20N2S/c1-10-5-6-11(14)8-13(10)15-9-12-4-2-3-7-16-12/h5-6,8,12,15H,2-4,7,9,14H2,1H3. The quantitative estimate of drug-likeness (QED) is 0.791. The zero-order valence-electron chi connectivity index (χ0n) is 9.83. The molecule has 0 saturated carbocycles.